The first-order chi connectivity index (χ1) is 15.7. The fourth-order valence-corrected chi connectivity index (χ4v) is 8.16. The summed E-state index contributed by atoms with van der Waals surface area (Å²) in [7, 11) is 0. The maximum atomic E-state index is 12.8. The SMILES string of the molecule is CCCN1C(=NC23CC4CC(CC(C4)C2)C3)SCC1CC(=O)Nc1ccc(C(F)(F)F)cc1.Cl. The number of amidine groups is 1. The average Bonchev–Trinajstić information content (AvgIpc) is 3.07. The summed E-state index contributed by atoms with van der Waals surface area (Å²) in [5.41, 5.74) is -0.212. The molecule has 4 nitrogen and oxygen atoms in total. The molecule has 1 saturated heterocycles. The van der Waals surface area contributed by atoms with Crippen LogP contribution in [0.5, 0.6) is 0 Å². The van der Waals surface area contributed by atoms with Crippen LogP contribution in [0.3, 0.4) is 0 Å². The Kier molecular flexibility index (Phi) is 7.49. The number of amides is 1. The first-order valence-electron chi connectivity index (χ1n) is 12.2. The van der Waals surface area contributed by atoms with Crippen molar-refractivity contribution in [2.75, 3.05) is 17.6 Å². The van der Waals surface area contributed by atoms with E-state index >= 15 is 0 Å². The van der Waals surface area contributed by atoms with E-state index in [0.717, 1.165) is 53.8 Å². The van der Waals surface area contributed by atoms with Crippen LogP contribution in [0.4, 0.5) is 18.9 Å². The zero-order valence-corrected chi connectivity index (χ0v) is 21.1. The summed E-state index contributed by atoms with van der Waals surface area (Å²) < 4.78 is 38.3. The van der Waals surface area contributed by atoms with Gasteiger partial charge in [-0.3, -0.25) is 9.79 Å². The molecule has 1 heterocycles. The molecule has 1 aromatic rings. The maximum absolute atomic E-state index is 12.8. The van der Waals surface area contributed by atoms with E-state index in [9.17, 15) is 18.0 Å². The van der Waals surface area contributed by atoms with E-state index < -0.39 is 11.7 Å². The predicted molar refractivity (Wildman–Crippen MR) is 134 cm³/mol. The number of alkyl halides is 3. The Hall–Kier alpha value is -1.41. The maximum Gasteiger partial charge on any atom is 0.416 e. The van der Waals surface area contributed by atoms with Crippen LogP contribution >= 0.6 is 24.2 Å². The van der Waals surface area contributed by atoms with Crippen LogP contribution in [-0.4, -0.2) is 39.9 Å². The number of benzene rings is 1. The fourth-order valence-electron chi connectivity index (χ4n) is 6.86. The fraction of sp³-hybridized carbons (Fsp3) is 0.680. The third-order valence-corrected chi connectivity index (χ3v) is 8.95. The monoisotopic (exact) mass is 515 g/mol. The van der Waals surface area contributed by atoms with Gasteiger partial charge in [-0.25, -0.2) is 0 Å². The number of hydrogen-bond acceptors (Lipinski definition) is 3. The lowest BCUT2D eigenvalue weighted by molar-refractivity contribution is -0.137. The molecule has 5 fully saturated rings. The van der Waals surface area contributed by atoms with Crippen molar-refractivity contribution in [1.82, 2.24) is 4.90 Å². The van der Waals surface area contributed by atoms with Crippen LogP contribution < -0.4 is 5.32 Å². The van der Waals surface area contributed by atoms with Gasteiger partial charge in [0.2, 0.25) is 5.91 Å². The molecule has 1 aliphatic heterocycles. The first-order valence-corrected chi connectivity index (χ1v) is 13.2. The van der Waals surface area contributed by atoms with E-state index in [1.165, 1.54) is 50.7 Å². The number of thioether (sulfide) groups is 1. The second-order valence-corrected chi connectivity index (χ2v) is 11.5. The van der Waals surface area contributed by atoms with Crippen molar-refractivity contribution in [3.05, 3.63) is 29.8 Å². The van der Waals surface area contributed by atoms with Gasteiger partial charge in [-0.05, 0) is 87.0 Å². The summed E-state index contributed by atoms with van der Waals surface area (Å²) >= 11 is 1.77. The Labute approximate surface area is 209 Å². The van der Waals surface area contributed by atoms with Crippen LogP contribution in [0.25, 0.3) is 0 Å². The number of carbonyl (C=O) groups is 1. The van der Waals surface area contributed by atoms with E-state index in [1.54, 1.807) is 11.8 Å². The van der Waals surface area contributed by atoms with Crippen LogP contribution in [0, 0.1) is 17.8 Å². The lowest BCUT2D eigenvalue weighted by atomic mass is 9.53. The molecule has 1 aromatic carbocycles. The zero-order chi connectivity index (χ0) is 23.2. The Morgan fingerprint density at radius 3 is 2.24 bits per heavy atom. The van der Waals surface area contributed by atoms with Crippen molar-refractivity contribution >= 4 is 40.9 Å². The van der Waals surface area contributed by atoms with Crippen LogP contribution in [0.2, 0.25) is 0 Å². The predicted octanol–water partition coefficient (Wildman–Crippen LogP) is 6.61. The van der Waals surface area contributed by atoms with Crippen molar-refractivity contribution in [3.63, 3.8) is 0 Å². The van der Waals surface area contributed by atoms with E-state index in [-0.39, 0.29) is 29.9 Å². The highest BCUT2D eigenvalue weighted by molar-refractivity contribution is 8.14. The Balaban J connectivity index is 0.00000274. The number of aliphatic imine (C=N–C) groups is 1. The molecule has 4 saturated carbocycles. The molecule has 34 heavy (non-hydrogen) atoms. The van der Waals surface area contributed by atoms with Crippen molar-refractivity contribution < 1.29 is 18.0 Å². The summed E-state index contributed by atoms with van der Waals surface area (Å²) in [5, 5.41) is 3.87. The average molecular weight is 516 g/mol. The molecule has 1 atom stereocenters. The van der Waals surface area contributed by atoms with Gasteiger partial charge < -0.3 is 10.2 Å². The van der Waals surface area contributed by atoms with Gasteiger partial charge in [0, 0.05) is 30.4 Å². The molecular weight excluding hydrogens is 483 g/mol. The third-order valence-electron chi connectivity index (χ3n) is 7.81. The van der Waals surface area contributed by atoms with Gasteiger partial charge in [-0.15, -0.1) is 12.4 Å². The molecule has 1 N–H and O–H groups in total. The molecule has 5 aliphatic rings. The minimum atomic E-state index is -4.38. The largest absolute Gasteiger partial charge is 0.416 e. The smallest absolute Gasteiger partial charge is 0.347 e. The van der Waals surface area contributed by atoms with Gasteiger partial charge in [0.05, 0.1) is 11.1 Å². The molecule has 0 spiro atoms. The molecule has 1 amide bonds. The Bertz CT molecular complexity index is 886. The molecule has 1 unspecified atom stereocenters. The van der Waals surface area contributed by atoms with Gasteiger partial charge in [0.15, 0.2) is 5.17 Å². The Morgan fingerprint density at radius 1 is 1.12 bits per heavy atom. The van der Waals surface area contributed by atoms with Crippen molar-refractivity contribution in [3.8, 4) is 0 Å². The number of carbonyl (C=O) groups excluding carboxylic acids is 1. The number of anilines is 1. The summed E-state index contributed by atoms with van der Waals surface area (Å²) in [5.74, 6) is 3.19. The van der Waals surface area contributed by atoms with Gasteiger partial charge in [0.25, 0.3) is 0 Å². The van der Waals surface area contributed by atoms with E-state index in [0.29, 0.717) is 12.1 Å². The number of hydrogen-bond donors (Lipinski definition) is 1. The van der Waals surface area contributed by atoms with Gasteiger partial charge in [0.1, 0.15) is 0 Å². The van der Waals surface area contributed by atoms with Gasteiger partial charge in [-0.1, -0.05) is 18.7 Å². The number of rotatable bonds is 6. The third kappa shape index (κ3) is 5.38. The highest BCUT2D eigenvalue weighted by Gasteiger charge is 2.51. The standard InChI is InChI=1S/C25H32F3N3OS.ClH/c1-2-7-31-21(11-22(32)29-20-5-3-19(4-6-20)25(26,27)28)15-33-23(31)30-24-12-16-8-17(13-24)10-18(9-16)14-24;/h3-6,16-18,21H,2,7-15H2,1H3,(H,29,32);1H. The summed E-state index contributed by atoms with van der Waals surface area (Å²) in [6.45, 7) is 3.01. The van der Waals surface area contributed by atoms with Crippen molar-refractivity contribution in [2.24, 2.45) is 22.7 Å². The second-order valence-electron chi connectivity index (χ2n) is 10.5. The number of halogens is 4. The van der Waals surface area contributed by atoms with Gasteiger partial charge >= 0.3 is 6.18 Å². The van der Waals surface area contributed by atoms with Crippen LogP contribution in [0.1, 0.15) is 63.9 Å². The quantitative estimate of drug-likeness (QED) is 0.463. The van der Waals surface area contributed by atoms with Crippen LogP contribution in [-0.2, 0) is 11.0 Å². The van der Waals surface area contributed by atoms with E-state index in [2.05, 4.69) is 17.1 Å². The second kappa shape index (κ2) is 9.92. The van der Waals surface area contributed by atoms with Crippen molar-refractivity contribution in [1.29, 1.82) is 0 Å². The lowest BCUT2D eigenvalue weighted by Crippen LogP contribution is -2.50. The first kappa shape index (κ1) is 25.7. The van der Waals surface area contributed by atoms with Gasteiger partial charge in [-0.2, -0.15) is 13.2 Å². The van der Waals surface area contributed by atoms with Crippen LogP contribution in [0.15, 0.2) is 29.3 Å². The minimum Gasteiger partial charge on any atom is -0.347 e. The number of nitrogens with one attached hydrogen (secondary N) is 1. The molecule has 6 rings (SSSR count). The van der Waals surface area contributed by atoms with E-state index in [1.807, 2.05) is 0 Å². The lowest BCUT2D eigenvalue weighted by Gasteiger charge is -2.55. The molecular formula is C25H33ClF3N3OS. The highest BCUT2D eigenvalue weighted by atomic mass is 35.5. The number of nitrogens with zero attached hydrogens (tertiary/aromatic N) is 2. The van der Waals surface area contributed by atoms with Crippen molar-refractivity contribution in [2.45, 2.75) is 76.0 Å². The molecule has 188 valence electrons. The molecule has 4 bridgehead atoms. The summed E-state index contributed by atoms with van der Waals surface area (Å²) in [6.07, 6.45) is 4.77. The topological polar surface area (TPSA) is 44.7 Å². The minimum absolute atomic E-state index is 0. The molecule has 4 aliphatic carbocycles. The molecule has 0 radical (unpaired) electrons. The molecule has 0 aromatic heterocycles. The normalized spacial score (nSPS) is 33.3. The Morgan fingerprint density at radius 2 is 1.71 bits per heavy atom. The molecule has 9 heteroatoms. The zero-order valence-electron chi connectivity index (χ0n) is 19.4. The summed E-state index contributed by atoms with van der Waals surface area (Å²) in [4.78, 5) is 20.4. The highest BCUT2D eigenvalue weighted by Crippen LogP contribution is 2.57. The summed E-state index contributed by atoms with van der Waals surface area (Å²) in [6, 6.07) is 4.69. The van der Waals surface area contributed by atoms with E-state index in [4.69, 9.17) is 4.99 Å².